The summed E-state index contributed by atoms with van der Waals surface area (Å²) in [5.74, 6) is 0.268. The molecule has 0 saturated heterocycles. The van der Waals surface area contributed by atoms with Crippen molar-refractivity contribution in [2.45, 2.75) is 23.9 Å². The van der Waals surface area contributed by atoms with Gasteiger partial charge in [0.1, 0.15) is 17.3 Å². The van der Waals surface area contributed by atoms with E-state index >= 15 is 0 Å². The molecule has 7 nitrogen and oxygen atoms in total. The Morgan fingerprint density at radius 3 is 2.40 bits per heavy atom. The van der Waals surface area contributed by atoms with Crippen LogP contribution in [0.5, 0.6) is 5.75 Å². The lowest BCUT2D eigenvalue weighted by Gasteiger charge is -2.19. The van der Waals surface area contributed by atoms with Crippen molar-refractivity contribution in [1.82, 2.24) is 10.0 Å². The summed E-state index contributed by atoms with van der Waals surface area (Å²) in [7, 11) is -2.47. The molecule has 1 amide bonds. The number of amides is 1. The quantitative estimate of drug-likeness (QED) is 0.541. The zero-order valence-corrected chi connectivity index (χ0v) is 17.0. The fourth-order valence-corrected chi connectivity index (χ4v) is 4.01. The second kappa shape index (κ2) is 9.55. The lowest BCUT2D eigenvalue weighted by atomic mass is 10.0. The molecule has 158 valence electrons. The first-order valence-corrected chi connectivity index (χ1v) is 10.6. The number of benzene rings is 2. The van der Waals surface area contributed by atoms with E-state index in [0.29, 0.717) is 17.1 Å². The SMILES string of the molecule is COc1ccc(C(CC(=O)NCc2ccco2)NS(=O)(=O)c2ccc(F)cc2)cc1. The molecule has 0 radical (unpaired) electrons. The molecule has 1 heterocycles. The molecule has 0 spiro atoms. The Morgan fingerprint density at radius 1 is 1.10 bits per heavy atom. The van der Waals surface area contributed by atoms with Gasteiger partial charge < -0.3 is 14.5 Å². The minimum absolute atomic E-state index is 0.0987. The third-order valence-electron chi connectivity index (χ3n) is 4.37. The fraction of sp³-hybridized carbons (Fsp3) is 0.190. The van der Waals surface area contributed by atoms with Crippen LogP contribution in [0.4, 0.5) is 4.39 Å². The van der Waals surface area contributed by atoms with E-state index in [1.165, 1.54) is 25.5 Å². The Kier molecular flexibility index (Phi) is 6.86. The number of rotatable bonds is 9. The highest BCUT2D eigenvalue weighted by Gasteiger charge is 2.24. The summed E-state index contributed by atoms with van der Waals surface area (Å²) in [5.41, 5.74) is 0.578. The van der Waals surface area contributed by atoms with Crippen molar-refractivity contribution in [2.24, 2.45) is 0 Å². The van der Waals surface area contributed by atoms with Gasteiger partial charge in [0.2, 0.25) is 15.9 Å². The standard InChI is InChI=1S/C21H21FN2O5S/c1-28-17-8-4-15(5-9-17)20(13-21(25)23-14-18-3-2-12-29-18)24-30(26,27)19-10-6-16(22)7-11-19/h2-12,20,24H,13-14H2,1H3,(H,23,25). The van der Waals surface area contributed by atoms with Crippen molar-refractivity contribution in [3.63, 3.8) is 0 Å². The normalized spacial score (nSPS) is 12.3. The number of methoxy groups -OCH3 is 1. The van der Waals surface area contributed by atoms with Crippen molar-refractivity contribution in [3.8, 4) is 5.75 Å². The Morgan fingerprint density at radius 2 is 1.80 bits per heavy atom. The summed E-state index contributed by atoms with van der Waals surface area (Å²) in [6, 6.07) is 13.7. The number of hydrogen-bond acceptors (Lipinski definition) is 5. The minimum atomic E-state index is -3.99. The van der Waals surface area contributed by atoms with Crippen LogP contribution in [0.25, 0.3) is 0 Å². The molecule has 2 N–H and O–H groups in total. The predicted octanol–water partition coefficient (Wildman–Crippen LogP) is 3.15. The molecule has 3 aromatic rings. The van der Waals surface area contributed by atoms with Crippen LogP contribution in [0.1, 0.15) is 23.8 Å². The third-order valence-corrected chi connectivity index (χ3v) is 5.86. The molecule has 1 aromatic heterocycles. The summed E-state index contributed by atoms with van der Waals surface area (Å²) < 4.78 is 51.5. The van der Waals surface area contributed by atoms with Gasteiger partial charge in [-0.3, -0.25) is 4.79 Å². The molecule has 0 bridgehead atoms. The number of carbonyl (C=O) groups is 1. The molecule has 9 heteroatoms. The topological polar surface area (TPSA) is 97.6 Å². The van der Waals surface area contributed by atoms with Crippen LogP contribution in [0.3, 0.4) is 0 Å². The van der Waals surface area contributed by atoms with Gasteiger partial charge in [-0.1, -0.05) is 12.1 Å². The molecule has 0 fully saturated rings. The highest BCUT2D eigenvalue weighted by atomic mass is 32.2. The number of furan rings is 1. The first-order chi connectivity index (χ1) is 14.4. The molecule has 0 aliphatic carbocycles. The summed E-state index contributed by atoms with van der Waals surface area (Å²) in [4.78, 5) is 12.4. The average molecular weight is 432 g/mol. The molecule has 0 saturated carbocycles. The van der Waals surface area contributed by atoms with E-state index in [1.54, 1.807) is 36.4 Å². The van der Waals surface area contributed by atoms with Gasteiger partial charge in [-0.05, 0) is 54.1 Å². The number of nitrogens with one attached hydrogen (secondary N) is 2. The van der Waals surface area contributed by atoms with Crippen molar-refractivity contribution in [2.75, 3.05) is 7.11 Å². The zero-order chi connectivity index (χ0) is 21.6. The lowest BCUT2D eigenvalue weighted by Crippen LogP contribution is -2.33. The zero-order valence-electron chi connectivity index (χ0n) is 16.2. The van der Waals surface area contributed by atoms with Gasteiger partial charge in [0.05, 0.1) is 30.9 Å². The Bertz CT molecular complexity index is 1070. The van der Waals surface area contributed by atoms with E-state index in [0.717, 1.165) is 12.1 Å². The molecular formula is C21H21FN2O5S. The van der Waals surface area contributed by atoms with Crippen molar-refractivity contribution >= 4 is 15.9 Å². The van der Waals surface area contributed by atoms with Crippen LogP contribution in [-0.4, -0.2) is 21.4 Å². The van der Waals surface area contributed by atoms with E-state index in [1.807, 2.05) is 0 Å². The van der Waals surface area contributed by atoms with E-state index in [4.69, 9.17) is 9.15 Å². The smallest absolute Gasteiger partial charge is 0.241 e. The molecule has 30 heavy (non-hydrogen) atoms. The van der Waals surface area contributed by atoms with E-state index in [2.05, 4.69) is 10.0 Å². The lowest BCUT2D eigenvalue weighted by molar-refractivity contribution is -0.121. The molecule has 0 aliphatic heterocycles. The second-order valence-corrected chi connectivity index (χ2v) is 8.18. The molecule has 2 aromatic carbocycles. The Labute approximate surface area is 173 Å². The highest BCUT2D eigenvalue weighted by molar-refractivity contribution is 7.89. The van der Waals surface area contributed by atoms with Gasteiger partial charge in [-0.15, -0.1) is 0 Å². The number of sulfonamides is 1. The van der Waals surface area contributed by atoms with Crippen molar-refractivity contribution < 1.29 is 26.8 Å². The van der Waals surface area contributed by atoms with Gasteiger partial charge in [-0.2, -0.15) is 0 Å². The van der Waals surface area contributed by atoms with Gasteiger partial charge >= 0.3 is 0 Å². The Hall–Kier alpha value is -3.17. The van der Waals surface area contributed by atoms with E-state index in [-0.39, 0.29) is 23.8 Å². The summed E-state index contributed by atoms with van der Waals surface area (Å²) in [5, 5.41) is 2.70. The summed E-state index contributed by atoms with van der Waals surface area (Å²) in [6.07, 6.45) is 1.35. The maximum Gasteiger partial charge on any atom is 0.241 e. The summed E-state index contributed by atoms with van der Waals surface area (Å²) >= 11 is 0. The van der Waals surface area contributed by atoms with Gasteiger partial charge in [-0.25, -0.2) is 17.5 Å². The number of halogens is 1. The van der Waals surface area contributed by atoms with Gasteiger partial charge in [0.15, 0.2) is 0 Å². The maximum atomic E-state index is 13.2. The molecule has 3 rings (SSSR count). The van der Waals surface area contributed by atoms with Crippen LogP contribution in [0.2, 0.25) is 0 Å². The summed E-state index contributed by atoms with van der Waals surface area (Å²) in [6.45, 7) is 0.186. The van der Waals surface area contributed by atoms with Gasteiger partial charge in [0, 0.05) is 6.42 Å². The van der Waals surface area contributed by atoms with Crippen LogP contribution in [-0.2, 0) is 21.4 Å². The van der Waals surface area contributed by atoms with E-state index < -0.39 is 21.9 Å². The largest absolute Gasteiger partial charge is 0.497 e. The minimum Gasteiger partial charge on any atom is -0.497 e. The fourth-order valence-electron chi connectivity index (χ4n) is 2.79. The molecule has 1 unspecified atom stereocenters. The van der Waals surface area contributed by atoms with Crippen LogP contribution in [0.15, 0.2) is 76.2 Å². The third kappa shape index (κ3) is 5.68. The van der Waals surface area contributed by atoms with Crippen molar-refractivity contribution in [1.29, 1.82) is 0 Å². The van der Waals surface area contributed by atoms with Gasteiger partial charge in [0.25, 0.3) is 0 Å². The average Bonchev–Trinajstić information content (AvgIpc) is 3.26. The van der Waals surface area contributed by atoms with Crippen LogP contribution >= 0.6 is 0 Å². The van der Waals surface area contributed by atoms with Crippen LogP contribution < -0.4 is 14.8 Å². The van der Waals surface area contributed by atoms with Crippen LogP contribution in [0, 0.1) is 5.82 Å². The highest BCUT2D eigenvalue weighted by Crippen LogP contribution is 2.23. The number of hydrogen-bond donors (Lipinski definition) is 2. The number of ether oxygens (including phenoxy) is 1. The van der Waals surface area contributed by atoms with Crippen molar-refractivity contribution in [3.05, 3.63) is 84.1 Å². The predicted molar refractivity (Wildman–Crippen MR) is 108 cm³/mol. The first kappa shape index (κ1) is 21.5. The molecule has 0 aliphatic rings. The number of carbonyl (C=O) groups excluding carboxylic acids is 1. The van der Waals surface area contributed by atoms with E-state index in [9.17, 15) is 17.6 Å². The Balaban J connectivity index is 1.79. The molecule has 1 atom stereocenters. The molecular weight excluding hydrogens is 411 g/mol. The second-order valence-electron chi connectivity index (χ2n) is 6.46. The first-order valence-electron chi connectivity index (χ1n) is 9.08. The maximum absolute atomic E-state index is 13.2. The monoisotopic (exact) mass is 432 g/mol.